The lowest BCUT2D eigenvalue weighted by Crippen LogP contribution is -2.16. The summed E-state index contributed by atoms with van der Waals surface area (Å²) in [7, 11) is 0. The molecular weight excluding hydrogens is 343 g/mol. The Morgan fingerprint density at radius 3 is 2.63 bits per heavy atom. The topological polar surface area (TPSA) is 66.9 Å². The molecule has 5 nitrogen and oxygen atoms in total. The van der Waals surface area contributed by atoms with E-state index >= 15 is 0 Å². The molecule has 0 aliphatic carbocycles. The van der Waals surface area contributed by atoms with E-state index in [1.54, 1.807) is 24.3 Å². The third-order valence-corrected chi connectivity index (χ3v) is 4.30. The van der Waals surface area contributed by atoms with Crippen LogP contribution in [0.4, 0.5) is 15.9 Å². The van der Waals surface area contributed by atoms with Crippen LogP contribution >= 0.6 is 0 Å². The number of para-hydroxylation sites is 1. The van der Waals surface area contributed by atoms with Crippen molar-refractivity contribution in [2.45, 2.75) is 26.8 Å². The highest BCUT2D eigenvalue weighted by Gasteiger charge is 2.13. The van der Waals surface area contributed by atoms with Gasteiger partial charge >= 0.3 is 0 Å². The Morgan fingerprint density at radius 1 is 1.07 bits per heavy atom. The molecule has 2 N–H and O–H groups in total. The third kappa shape index (κ3) is 4.47. The zero-order chi connectivity index (χ0) is 19.2. The van der Waals surface area contributed by atoms with E-state index in [9.17, 15) is 9.18 Å². The summed E-state index contributed by atoms with van der Waals surface area (Å²) in [5.74, 6) is -0.141. The van der Waals surface area contributed by atoms with Crippen molar-refractivity contribution in [2.75, 3.05) is 10.6 Å². The molecule has 2 aromatic carbocycles. The van der Waals surface area contributed by atoms with E-state index in [1.165, 1.54) is 12.4 Å². The maximum absolute atomic E-state index is 13.7. The molecule has 0 saturated heterocycles. The monoisotopic (exact) mass is 364 g/mol. The Bertz CT molecular complexity index is 958. The maximum atomic E-state index is 13.7. The van der Waals surface area contributed by atoms with E-state index in [0.717, 1.165) is 23.2 Å². The molecule has 0 fully saturated rings. The van der Waals surface area contributed by atoms with Gasteiger partial charge in [0.05, 0.1) is 0 Å². The summed E-state index contributed by atoms with van der Waals surface area (Å²) < 4.78 is 13.7. The first kappa shape index (κ1) is 18.5. The van der Waals surface area contributed by atoms with E-state index in [1.807, 2.05) is 32.0 Å². The molecule has 0 unspecified atom stereocenters. The van der Waals surface area contributed by atoms with Crippen molar-refractivity contribution >= 4 is 17.4 Å². The van der Waals surface area contributed by atoms with E-state index in [-0.39, 0.29) is 24.0 Å². The molecule has 0 saturated carbocycles. The van der Waals surface area contributed by atoms with Crippen LogP contribution < -0.4 is 10.6 Å². The second kappa shape index (κ2) is 8.40. The average Bonchev–Trinajstić information content (AvgIpc) is 2.69. The number of amides is 1. The molecule has 0 spiro atoms. The van der Waals surface area contributed by atoms with E-state index in [2.05, 4.69) is 20.6 Å². The Kier molecular flexibility index (Phi) is 5.76. The molecule has 0 atom stereocenters. The number of carbonyl (C=O) groups excluding carboxylic acids is 1. The Balaban J connectivity index is 1.73. The summed E-state index contributed by atoms with van der Waals surface area (Å²) in [5, 5.41) is 5.96. The molecule has 0 radical (unpaired) electrons. The zero-order valence-electron chi connectivity index (χ0n) is 15.3. The summed E-state index contributed by atoms with van der Waals surface area (Å²) in [5.41, 5.74) is 3.63. The van der Waals surface area contributed by atoms with Gasteiger partial charge < -0.3 is 10.6 Å². The van der Waals surface area contributed by atoms with Crippen molar-refractivity contribution in [3.63, 3.8) is 0 Å². The molecule has 3 aromatic rings. The van der Waals surface area contributed by atoms with Crippen LogP contribution in [0.1, 0.15) is 34.1 Å². The normalized spacial score (nSPS) is 10.5. The lowest BCUT2D eigenvalue weighted by Gasteiger charge is -2.13. The van der Waals surface area contributed by atoms with Gasteiger partial charge in [-0.2, -0.15) is 0 Å². The minimum Gasteiger partial charge on any atom is -0.366 e. The predicted octanol–water partition coefficient (Wildman–Crippen LogP) is 4.35. The highest BCUT2D eigenvalue weighted by atomic mass is 19.1. The summed E-state index contributed by atoms with van der Waals surface area (Å²) in [6, 6.07) is 14.0. The standard InChI is InChI=1S/C21H21FN4O/c1-3-15-9-6-7-14(2)20(15)26-21(27)18-11-19(25-13-24-18)23-12-16-8-4-5-10-17(16)22/h4-11,13H,3,12H2,1-2H3,(H,26,27)(H,23,24,25). The van der Waals surface area contributed by atoms with Gasteiger partial charge in [0.2, 0.25) is 0 Å². The van der Waals surface area contributed by atoms with E-state index in [0.29, 0.717) is 11.4 Å². The number of rotatable bonds is 6. The van der Waals surface area contributed by atoms with Crippen LogP contribution in [0.15, 0.2) is 54.9 Å². The summed E-state index contributed by atoms with van der Waals surface area (Å²) >= 11 is 0. The number of nitrogens with one attached hydrogen (secondary N) is 2. The smallest absolute Gasteiger partial charge is 0.274 e. The van der Waals surface area contributed by atoms with Gasteiger partial charge in [-0.3, -0.25) is 4.79 Å². The van der Waals surface area contributed by atoms with E-state index < -0.39 is 0 Å². The first-order chi connectivity index (χ1) is 13.1. The van der Waals surface area contributed by atoms with Gasteiger partial charge in [0.25, 0.3) is 5.91 Å². The molecule has 138 valence electrons. The Hall–Kier alpha value is -3.28. The number of halogens is 1. The number of aromatic nitrogens is 2. The third-order valence-electron chi connectivity index (χ3n) is 4.30. The van der Waals surface area contributed by atoms with Gasteiger partial charge in [-0.1, -0.05) is 43.3 Å². The molecule has 1 heterocycles. The summed E-state index contributed by atoms with van der Waals surface area (Å²) in [6.07, 6.45) is 2.13. The van der Waals surface area contributed by atoms with Crippen LogP contribution in [0.3, 0.4) is 0 Å². The fourth-order valence-corrected chi connectivity index (χ4v) is 2.79. The first-order valence-corrected chi connectivity index (χ1v) is 8.77. The van der Waals surface area contributed by atoms with Gasteiger partial charge in [0.1, 0.15) is 23.7 Å². The van der Waals surface area contributed by atoms with Gasteiger partial charge in [-0.15, -0.1) is 0 Å². The molecule has 1 aromatic heterocycles. The zero-order valence-corrected chi connectivity index (χ0v) is 15.3. The molecule has 6 heteroatoms. The molecule has 1 amide bonds. The number of hydrogen-bond donors (Lipinski definition) is 2. The fourth-order valence-electron chi connectivity index (χ4n) is 2.79. The number of nitrogens with zero attached hydrogens (tertiary/aromatic N) is 2. The molecular formula is C21H21FN4O. The molecule has 0 aliphatic heterocycles. The number of benzene rings is 2. The minimum atomic E-state index is -0.310. The second-order valence-electron chi connectivity index (χ2n) is 6.15. The first-order valence-electron chi connectivity index (χ1n) is 8.77. The predicted molar refractivity (Wildman–Crippen MR) is 104 cm³/mol. The largest absolute Gasteiger partial charge is 0.366 e. The van der Waals surface area contributed by atoms with Crippen LogP contribution in [-0.4, -0.2) is 15.9 Å². The van der Waals surface area contributed by atoms with Crippen LogP contribution in [0.2, 0.25) is 0 Å². The van der Waals surface area contributed by atoms with Crippen LogP contribution in [-0.2, 0) is 13.0 Å². The van der Waals surface area contributed by atoms with Gasteiger partial charge in [-0.05, 0) is 30.5 Å². The van der Waals surface area contributed by atoms with Crippen LogP contribution in [0.5, 0.6) is 0 Å². The van der Waals surface area contributed by atoms with Gasteiger partial charge in [0.15, 0.2) is 0 Å². The molecule has 3 rings (SSSR count). The highest BCUT2D eigenvalue weighted by molar-refractivity contribution is 6.04. The SMILES string of the molecule is CCc1cccc(C)c1NC(=O)c1cc(NCc2ccccc2F)ncn1. The number of hydrogen-bond acceptors (Lipinski definition) is 4. The molecule has 0 aliphatic rings. The second-order valence-corrected chi connectivity index (χ2v) is 6.15. The quantitative estimate of drug-likeness (QED) is 0.682. The van der Waals surface area contributed by atoms with Crippen LogP contribution in [0.25, 0.3) is 0 Å². The number of carbonyl (C=O) groups is 1. The summed E-state index contributed by atoms with van der Waals surface area (Å²) in [6.45, 7) is 4.26. The summed E-state index contributed by atoms with van der Waals surface area (Å²) in [4.78, 5) is 20.8. The van der Waals surface area contributed by atoms with E-state index in [4.69, 9.17) is 0 Å². The van der Waals surface area contributed by atoms with Crippen LogP contribution in [0, 0.1) is 12.7 Å². The van der Waals surface area contributed by atoms with Crippen molar-refractivity contribution in [3.05, 3.63) is 83.1 Å². The van der Waals surface area contributed by atoms with Gasteiger partial charge in [-0.25, -0.2) is 14.4 Å². The molecule has 0 bridgehead atoms. The van der Waals surface area contributed by atoms with Crippen molar-refractivity contribution in [2.24, 2.45) is 0 Å². The lowest BCUT2D eigenvalue weighted by molar-refractivity contribution is 0.102. The highest BCUT2D eigenvalue weighted by Crippen LogP contribution is 2.22. The van der Waals surface area contributed by atoms with Crippen molar-refractivity contribution in [3.8, 4) is 0 Å². The number of anilines is 2. The number of aryl methyl sites for hydroxylation is 2. The van der Waals surface area contributed by atoms with Gasteiger partial charge in [0, 0.05) is 23.9 Å². The van der Waals surface area contributed by atoms with Crippen molar-refractivity contribution in [1.82, 2.24) is 9.97 Å². The Morgan fingerprint density at radius 2 is 1.85 bits per heavy atom. The average molecular weight is 364 g/mol. The Labute approximate surface area is 157 Å². The van der Waals surface area contributed by atoms with Crippen molar-refractivity contribution < 1.29 is 9.18 Å². The minimum absolute atomic E-state index is 0.242. The molecule has 27 heavy (non-hydrogen) atoms. The fraction of sp³-hybridized carbons (Fsp3) is 0.190. The lowest BCUT2D eigenvalue weighted by atomic mass is 10.1. The maximum Gasteiger partial charge on any atom is 0.274 e. The van der Waals surface area contributed by atoms with Crippen molar-refractivity contribution in [1.29, 1.82) is 0 Å².